The van der Waals surface area contributed by atoms with Crippen LogP contribution in [0.3, 0.4) is 0 Å². The summed E-state index contributed by atoms with van der Waals surface area (Å²) in [5.74, 6) is -6.11. The molecule has 3 rings (SSSR count). The normalized spacial score (nSPS) is 18.3. The second kappa shape index (κ2) is 6.56. The van der Waals surface area contributed by atoms with Crippen LogP contribution < -0.4 is 0 Å². The molecule has 0 spiro atoms. The summed E-state index contributed by atoms with van der Waals surface area (Å²) in [4.78, 5) is 24.2. The van der Waals surface area contributed by atoms with Crippen molar-refractivity contribution in [2.75, 3.05) is 7.11 Å². The number of aliphatic carboxylic acids is 1. The zero-order valence-corrected chi connectivity index (χ0v) is 14.1. The number of fused-ring (bicyclic) bond motifs is 1. The van der Waals surface area contributed by atoms with Crippen LogP contribution in [0.1, 0.15) is 22.6 Å². The van der Waals surface area contributed by atoms with Gasteiger partial charge in [0.15, 0.2) is 23.0 Å². The number of carbonyl (C=O) groups excluding carboxylic acids is 1. The molecule has 0 radical (unpaired) electrons. The third-order valence-corrected chi connectivity index (χ3v) is 4.56. The number of carboxylic acid groups (broad SMARTS) is 1. The fourth-order valence-electron chi connectivity index (χ4n) is 3.31. The van der Waals surface area contributed by atoms with E-state index in [0.717, 1.165) is 7.11 Å². The highest BCUT2D eigenvalue weighted by atomic mass is 16.5. The molecule has 0 bridgehead atoms. The van der Waals surface area contributed by atoms with E-state index in [4.69, 9.17) is 4.74 Å². The molecule has 1 aliphatic carbocycles. The van der Waals surface area contributed by atoms with Crippen molar-refractivity contribution in [3.63, 3.8) is 0 Å². The summed E-state index contributed by atoms with van der Waals surface area (Å²) in [6.07, 6.45) is 1.23. The van der Waals surface area contributed by atoms with E-state index in [9.17, 15) is 35.1 Å². The van der Waals surface area contributed by atoms with Crippen LogP contribution in [0, 0.1) is 5.92 Å². The van der Waals surface area contributed by atoms with Gasteiger partial charge in [-0.1, -0.05) is 6.07 Å². The Balaban J connectivity index is 2.33. The van der Waals surface area contributed by atoms with Gasteiger partial charge in [0.2, 0.25) is 0 Å². The monoisotopic (exact) mass is 372 g/mol. The molecule has 8 heteroatoms. The van der Waals surface area contributed by atoms with E-state index in [1.807, 2.05) is 0 Å². The number of esters is 1. The Hall–Kier alpha value is -3.68. The van der Waals surface area contributed by atoms with Gasteiger partial charge in [-0.2, -0.15) is 0 Å². The summed E-state index contributed by atoms with van der Waals surface area (Å²) in [6.45, 7) is 0. The van der Waals surface area contributed by atoms with Crippen LogP contribution in [0.15, 0.2) is 35.9 Å². The Morgan fingerprint density at radius 2 is 1.56 bits per heavy atom. The number of carbonyl (C=O) groups is 2. The average molecular weight is 372 g/mol. The molecule has 2 atom stereocenters. The van der Waals surface area contributed by atoms with E-state index in [0.29, 0.717) is 16.7 Å². The van der Waals surface area contributed by atoms with E-state index < -0.39 is 41.0 Å². The summed E-state index contributed by atoms with van der Waals surface area (Å²) in [6, 6.07) is 6.25. The number of benzene rings is 2. The SMILES string of the molecule is COC(=O)[C@@H]1C(C(=O)O)=Cc2cc(O)c(O)cc2[C@@H]1c1ccc(O)c(O)c1. The lowest BCUT2D eigenvalue weighted by Gasteiger charge is -2.32. The minimum atomic E-state index is -1.35. The van der Waals surface area contributed by atoms with Crippen molar-refractivity contribution >= 4 is 18.0 Å². The van der Waals surface area contributed by atoms with E-state index in [-0.39, 0.29) is 11.3 Å². The van der Waals surface area contributed by atoms with Gasteiger partial charge in [-0.05, 0) is 47.0 Å². The van der Waals surface area contributed by atoms with Gasteiger partial charge in [-0.15, -0.1) is 0 Å². The molecule has 0 aliphatic heterocycles. The molecule has 0 fully saturated rings. The number of carboxylic acids is 1. The number of hydrogen-bond donors (Lipinski definition) is 5. The second-order valence-corrected chi connectivity index (χ2v) is 6.10. The van der Waals surface area contributed by atoms with Crippen molar-refractivity contribution in [2.24, 2.45) is 5.92 Å². The van der Waals surface area contributed by atoms with Crippen LogP contribution in [0.25, 0.3) is 6.08 Å². The third-order valence-electron chi connectivity index (χ3n) is 4.56. The van der Waals surface area contributed by atoms with Gasteiger partial charge in [-0.25, -0.2) is 4.79 Å². The quantitative estimate of drug-likeness (QED) is 0.406. The van der Waals surface area contributed by atoms with E-state index in [1.54, 1.807) is 0 Å². The van der Waals surface area contributed by atoms with E-state index >= 15 is 0 Å². The Labute approximate surface area is 153 Å². The second-order valence-electron chi connectivity index (χ2n) is 6.10. The molecule has 5 N–H and O–H groups in total. The number of phenolic OH excluding ortho intramolecular Hbond substituents is 4. The third kappa shape index (κ3) is 3.01. The summed E-state index contributed by atoms with van der Waals surface area (Å²) >= 11 is 0. The number of hydrogen-bond acceptors (Lipinski definition) is 7. The van der Waals surface area contributed by atoms with E-state index in [2.05, 4.69) is 0 Å². The molecule has 0 saturated heterocycles. The molecule has 27 heavy (non-hydrogen) atoms. The van der Waals surface area contributed by atoms with Crippen LogP contribution in [0.5, 0.6) is 23.0 Å². The Morgan fingerprint density at radius 1 is 0.926 bits per heavy atom. The first kappa shape index (κ1) is 18.1. The molecular weight excluding hydrogens is 356 g/mol. The van der Waals surface area contributed by atoms with Crippen molar-refractivity contribution < 1.29 is 39.9 Å². The lowest BCUT2D eigenvalue weighted by atomic mass is 9.71. The zero-order chi connectivity index (χ0) is 19.9. The largest absolute Gasteiger partial charge is 0.504 e. The van der Waals surface area contributed by atoms with Gasteiger partial charge in [0.05, 0.1) is 18.6 Å². The average Bonchev–Trinajstić information content (AvgIpc) is 2.63. The first-order valence-electron chi connectivity index (χ1n) is 7.85. The first-order valence-corrected chi connectivity index (χ1v) is 7.85. The van der Waals surface area contributed by atoms with Crippen molar-refractivity contribution in [3.05, 3.63) is 52.6 Å². The van der Waals surface area contributed by atoms with E-state index in [1.165, 1.54) is 36.4 Å². The van der Waals surface area contributed by atoms with Gasteiger partial charge in [0.25, 0.3) is 0 Å². The zero-order valence-electron chi connectivity index (χ0n) is 14.1. The van der Waals surface area contributed by atoms with Crippen LogP contribution in [-0.2, 0) is 14.3 Å². The minimum Gasteiger partial charge on any atom is -0.504 e. The molecular formula is C19H16O8. The van der Waals surface area contributed by atoms with Gasteiger partial charge in [-0.3, -0.25) is 4.79 Å². The van der Waals surface area contributed by atoms with Crippen molar-refractivity contribution in [1.82, 2.24) is 0 Å². The number of methoxy groups -OCH3 is 1. The predicted molar refractivity (Wildman–Crippen MR) is 92.5 cm³/mol. The van der Waals surface area contributed by atoms with Crippen molar-refractivity contribution in [1.29, 1.82) is 0 Å². The summed E-state index contributed by atoms with van der Waals surface area (Å²) < 4.78 is 4.78. The number of ether oxygens (including phenoxy) is 1. The summed E-state index contributed by atoms with van der Waals surface area (Å²) in [7, 11) is 1.12. The molecule has 0 unspecified atom stereocenters. The first-order chi connectivity index (χ1) is 12.7. The maximum absolute atomic E-state index is 12.4. The maximum atomic E-state index is 12.4. The highest BCUT2D eigenvalue weighted by Gasteiger charge is 2.42. The number of phenols is 4. The maximum Gasteiger partial charge on any atom is 0.332 e. The van der Waals surface area contributed by atoms with Crippen LogP contribution in [0.4, 0.5) is 0 Å². The lowest BCUT2D eigenvalue weighted by Crippen LogP contribution is -2.32. The molecule has 0 amide bonds. The molecule has 0 heterocycles. The molecule has 0 aromatic heterocycles. The lowest BCUT2D eigenvalue weighted by molar-refractivity contribution is -0.147. The van der Waals surface area contributed by atoms with Crippen LogP contribution >= 0.6 is 0 Å². The van der Waals surface area contributed by atoms with Gasteiger partial charge in [0, 0.05) is 5.92 Å². The topological polar surface area (TPSA) is 145 Å². The minimum absolute atomic E-state index is 0.267. The Kier molecular flexibility index (Phi) is 4.40. The molecule has 0 saturated carbocycles. The van der Waals surface area contributed by atoms with Crippen LogP contribution in [-0.4, -0.2) is 44.6 Å². The number of aromatic hydroxyl groups is 4. The smallest absolute Gasteiger partial charge is 0.332 e. The van der Waals surface area contributed by atoms with Crippen molar-refractivity contribution in [3.8, 4) is 23.0 Å². The van der Waals surface area contributed by atoms with Crippen molar-refractivity contribution in [2.45, 2.75) is 5.92 Å². The fourth-order valence-corrected chi connectivity index (χ4v) is 3.31. The highest BCUT2D eigenvalue weighted by molar-refractivity contribution is 6.01. The number of rotatable bonds is 3. The van der Waals surface area contributed by atoms with Crippen LogP contribution in [0.2, 0.25) is 0 Å². The molecule has 8 nitrogen and oxygen atoms in total. The predicted octanol–water partition coefficient (Wildman–Crippen LogP) is 1.91. The van der Waals surface area contributed by atoms with Gasteiger partial charge >= 0.3 is 11.9 Å². The summed E-state index contributed by atoms with van der Waals surface area (Å²) in [5, 5.41) is 48.7. The highest BCUT2D eigenvalue weighted by Crippen LogP contribution is 2.47. The Morgan fingerprint density at radius 3 is 2.15 bits per heavy atom. The molecule has 1 aliphatic rings. The summed E-state index contributed by atoms with van der Waals surface area (Å²) in [5.41, 5.74) is 0.701. The molecule has 2 aromatic carbocycles. The molecule has 2 aromatic rings. The van der Waals surface area contributed by atoms with Gasteiger partial charge < -0.3 is 30.3 Å². The standard InChI is InChI=1S/C19H16O8/c1-27-19(26)17-11(18(24)25)4-9-6-14(22)15(23)7-10(9)16(17)8-2-3-12(20)13(21)5-8/h2-7,16-17,20-23H,1H3,(H,24,25)/t16-,17+/m0/s1. The van der Waals surface area contributed by atoms with Gasteiger partial charge in [0.1, 0.15) is 0 Å². The Bertz CT molecular complexity index is 976. The fraction of sp³-hybridized carbons (Fsp3) is 0.158. The molecule has 140 valence electrons.